The first kappa shape index (κ1) is 20.0. The Bertz CT molecular complexity index is 814. The number of carbonyl (C=O) groups is 1. The molecule has 11 heteroatoms. The Hall–Kier alpha value is -1.92. The Morgan fingerprint density at radius 1 is 1.33 bits per heavy atom. The van der Waals surface area contributed by atoms with Crippen molar-refractivity contribution in [1.29, 1.82) is 0 Å². The highest BCUT2D eigenvalue weighted by Gasteiger charge is 2.47. The molecule has 9 nitrogen and oxygen atoms in total. The molecule has 1 amide bonds. The van der Waals surface area contributed by atoms with Crippen molar-refractivity contribution in [1.82, 2.24) is 20.7 Å². The van der Waals surface area contributed by atoms with Crippen LogP contribution in [0.3, 0.4) is 0 Å². The normalized spacial score (nSPS) is 33.2. The highest BCUT2D eigenvalue weighted by Crippen LogP contribution is 2.41. The maximum atomic E-state index is 14.8. The van der Waals surface area contributed by atoms with E-state index in [9.17, 15) is 13.6 Å². The van der Waals surface area contributed by atoms with Crippen molar-refractivity contribution in [2.45, 2.75) is 31.3 Å². The molecule has 4 saturated heterocycles. The summed E-state index contributed by atoms with van der Waals surface area (Å²) >= 11 is 0. The van der Waals surface area contributed by atoms with Crippen molar-refractivity contribution in [3.8, 4) is 0 Å². The van der Waals surface area contributed by atoms with Crippen LogP contribution in [0.4, 0.5) is 20.2 Å². The fourth-order valence-corrected chi connectivity index (χ4v) is 4.92. The number of hydrogen-bond donors (Lipinski definition) is 4. The topological polar surface area (TPSA) is 108 Å². The van der Waals surface area contributed by atoms with Gasteiger partial charge in [-0.2, -0.15) is 0 Å². The lowest BCUT2D eigenvalue weighted by atomic mass is 9.77. The second kappa shape index (κ2) is 7.65. The second-order valence-corrected chi connectivity index (χ2v) is 8.77. The van der Waals surface area contributed by atoms with Crippen LogP contribution in [0.5, 0.6) is 0 Å². The zero-order valence-corrected chi connectivity index (χ0v) is 16.6. The van der Waals surface area contributed by atoms with Crippen molar-refractivity contribution < 1.29 is 18.3 Å². The van der Waals surface area contributed by atoms with Crippen molar-refractivity contribution in [2.75, 3.05) is 49.6 Å². The van der Waals surface area contributed by atoms with Crippen LogP contribution in [0.1, 0.15) is 12.8 Å². The third-order valence-corrected chi connectivity index (χ3v) is 6.71. The lowest BCUT2D eigenvalue weighted by Crippen LogP contribution is -2.58. The largest absolute Gasteiger partial charge is 0.380 e. The van der Waals surface area contributed by atoms with E-state index in [1.165, 1.54) is 6.20 Å². The van der Waals surface area contributed by atoms with Crippen molar-refractivity contribution in [3.05, 3.63) is 18.2 Å². The summed E-state index contributed by atoms with van der Waals surface area (Å²) in [6.45, 7) is 3.22. The van der Waals surface area contributed by atoms with E-state index in [1.807, 2.05) is 4.90 Å². The highest BCUT2D eigenvalue weighted by molar-refractivity contribution is 5.96. The van der Waals surface area contributed by atoms with E-state index in [-0.39, 0.29) is 24.4 Å². The first-order valence-electron chi connectivity index (χ1n) is 10.4. The Morgan fingerprint density at radius 2 is 2.10 bits per heavy atom. The first-order valence-corrected chi connectivity index (χ1v) is 10.4. The molecule has 1 spiro atoms. The van der Waals surface area contributed by atoms with Crippen LogP contribution < -0.4 is 26.7 Å². The summed E-state index contributed by atoms with van der Waals surface area (Å²) in [5.74, 6) is -1.49. The van der Waals surface area contributed by atoms with Crippen molar-refractivity contribution >= 4 is 17.3 Å². The number of fused-ring (bicyclic) bond motifs is 1. The molecule has 4 aliphatic rings. The van der Waals surface area contributed by atoms with E-state index in [0.29, 0.717) is 24.5 Å². The van der Waals surface area contributed by atoms with Gasteiger partial charge in [0.05, 0.1) is 49.5 Å². The van der Waals surface area contributed by atoms with Gasteiger partial charge in [0, 0.05) is 31.6 Å². The Kier molecular flexibility index (Phi) is 5.10. The number of amides is 1. The first-order chi connectivity index (χ1) is 14.5. The number of piperidine rings is 1. The molecular weight excluding hydrogens is 396 g/mol. The van der Waals surface area contributed by atoms with Gasteiger partial charge in [-0.05, 0) is 12.8 Å². The van der Waals surface area contributed by atoms with E-state index < -0.39 is 30.2 Å². The van der Waals surface area contributed by atoms with E-state index in [2.05, 4.69) is 21.0 Å². The molecular formula is C19H27F2N7O2. The number of anilines is 2. The zero-order valence-electron chi connectivity index (χ0n) is 16.6. The van der Waals surface area contributed by atoms with Gasteiger partial charge in [-0.25, -0.2) is 19.2 Å². The predicted molar refractivity (Wildman–Crippen MR) is 106 cm³/mol. The average molecular weight is 423 g/mol. The van der Waals surface area contributed by atoms with Gasteiger partial charge in [0.1, 0.15) is 11.9 Å². The number of hydrazine groups is 1. The highest BCUT2D eigenvalue weighted by atomic mass is 19.1. The number of rotatable bonds is 3. The summed E-state index contributed by atoms with van der Waals surface area (Å²) in [7, 11) is 0. The average Bonchev–Trinajstić information content (AvgIpc) is 3.02. The SMILES string of the molecule is NC1NN2CC(F)CNC2C1C(=O)Nc1cncc(F)c1N1CCC2(CC1)COC2. The van der Waals surface area contributed by atoms with Gasteiger partial charge in [-0.3, -0.25) is 15.1 Å². The molecule has 4 fully saturated rings. The molecule has 5 rings (SSSR count). The molecule has 4 unspecified atom stereocenters. The fraction of sp³-hybridized carbons (Fsp3) is 0.684. The molecule has 30 heavy (non-hydrogen) atoms. The lowest BCUT2D eigenvalue weighted by molar-refractivity contribution is -0.124. The molecule has 4 atom stereocenters. The quantitative estimate of drug-likeness (QED) is 0.528. The summed E-state index contributed by atoms with van der Waals surface area (Å²) in [6.07, 6.45) is 2.33. The Balaban J connectivity index is 1.33. The Morgan fingerprint density at radius 3 is 2.80 bits per heavy atom. The predicted octanol–water partition coefficient (Wildman–Crippen LogP) is -0.235. The summed E-state index contributed by atoms with van der Waals surface area (Å²) in [4.78, 5) is 19.0. The van der Waals surface area contributed by atoms with E-state index in [4.69, 9.17) is 10.5 Å². The molecule has 0 saturated carbocycles. The van der Waals surface area contributed by atoms with Gasteiger partial charge in [-0.15, -0.1) is 0 Å². The number of nitrogens with zero attached hydrogens (tertiary/aromatic N) is 3. The molecule has 164 valence electrons. The molecule has 1 aromatic heterocycles. The third kappa shape index (κ3) is 3.44. The molecule has 4 aliphatic heterocycles. The van der Waals surface area contributed by atoms with Crippen LogP contribution in [-0.4, -0.2) is 73.8 Å². The minimum absolute atomic E-state index is 0.154. The number of halogens is 2. The van der Waals surface area contributed by atoms with E-state index >= 15 is 0 Å². The number of hydrogen-bond acceptors (Lipinski definition) is 8. The second-order valence-electron chi connectivity index (χ2n) is 8.77. The van der Waals surface area contributed by atoms with Crippen LogP contribution >= 0.6 is 0 Å². The molecule has 5 N–H and O–H groups in total. The smallest absolute Gasteiger partial charge is 0.233 e. The van der Waals surface area contributed by atoms with E-state index in [1.54, 1.807) is 5.01 Å². The number of nitrogens with one attached hydrogen (secondary N) is 3. The van der Waals surface area contributed by atoms with Gasteiger partial charge in [-0.1, -0.05) is 0 Å². The summed E-state index contributed by atoms with van der Waals surface area (Å²) < 4.78 is 33.8. The number of ether oxygens (including phenoxy) is 1. The van der Waals surface area contributed by atoms with Gasteiger partial charge in [0.2, 0.25) is 5.91 Å². The maximum Gasteiger partial charge on any atom is 0.233 e. The Labute approximate surface area is 173 Å². The van der Waals surface area contributed by atoms with Crippen LogP contribution in [0.2, 0.25) is 0 Å². The van der Waals surface area contributed by atoms with Crippen LogP contribution in [0.25, 0.3) is 0 Å². The van der Waals surface area contributed by atoms with Crippen LogP contribution in [0, 0.1) is 17.2 Å². The molecule has 5 heterocycles. The van der Waals surface area contributed by atoms with Crippen LogP contribution in [-0.2, 0) is 9.53 Å². The zero-order chi connectivity index (χ0) is 20.9. The van der Waals surface area contributed by atoms with Crippen molar-refractivity contribution in [2.24, 2.45) is 17.1 Å². The molecule has 0 radical (unpaired) electrons. The summed E-state index contributed by atoms with van der Waals surface area (Å²) in [5.41, 5.74) is 9.96. The van der Waals surface area contributed by atoms with Crippen LogP contribution in [0.15, 0.2) is 12.4 Å². The fourth-order valence-electron chi connectivity index (χ4n) is 4.92. The summed E-state index contributed by atoms with van der Waals surface area (Å²) in [6, 6.07) is 0. The summed E-state index contributed by atoms with van der Waals surface area (Å²) in [5, 5.41) is 7.47. The molecule has 1 aromatic rings. The van der Waals surface area contributed by atoms with Gasteiger partial charge in [0.15, 0.2) is 5.82 Å². The number of alkyl halides is 1. The lowest BCUT2D eigenvalue weighted by Gasteiger charge is -2.48. The minimum Gasteiger partial charge on any atom is -0.380 e. The monoisotopic (exact) mass is 423 g/mol. The third-order valence-electron chi connectivity index (χ3n) is 6.71. The number of pyridine rings is 1. The standard InChI is InChI=1S/C19H27F2N7O2/c20-11-5-24-17-14(16(22)26-28(17)8-11)18(29)25-13-7-23-6-12(21)15(13)27-3-1-19(2-4-27)9-30-10-19/h6-7,11,14,16-17,24,26H,1-5,8-10,22H2,(H,25,29). The maximum absolute atomic E-state index is 14.8. The van der Waals surface area contributed by atoms with Crippen molar-refractivity contribution in [3.63, 3.8) is 0 Å². The van der Waals surface area contributed by atoms with Gasteiger partial charge < -0.3 is 20.7 Å². The molecule has 0 aliphatic carbocycles. The minimum atomic E-state index is -1.04. The van der Waals surface area contributed by atoms with Gasteiger partial charge >= 0.3 is 0 Å². The molecule has 0 aromatic carbocycles. The number of carbonyl (C=O) groups excluding carboxylic acids is 1. The van der Waals surface area contributed by atoms with Gasteiger partial charge in [0.25, 0.3) is 0 Å². The number of nitrogens with two attached hydrogens (primary N) is 1. The number of aromatic nitrogens is 1. The van der Waals surface area contributed by atoms with E-state index in [0.717, 1.165) is 32.3 Å². The molecule has 0 bridgehead atoms.